The molecule has 158 valence electrons. The number of aromatic nitrogens is 1. The molecule has 0 aliphatic carbocycles. The van der Waals surface area contributed by atoms with Gasteiger partial charge in [-0.25, -0.2) is 0 Å². The molecule has 7 heteroatoms. The topological polar surface area (TPSA) is 48.4 Å². The van der Waals surface area contributed by atoms with Crippen LogP contribution in [-0.2, 0) is 22.6 Å². The molecule has 4 nitrogen and oxygen atoms in total. The minimum Gasteiger partial charge on any atom is -0.488 e. The van der Waals surface area contributed by atoms with E-state index in [0.717, 1.165) is 38.4 Å². The van der Waals surface area contributed by atoms with Crippen molar-refractivity contribution in [2.24, 2.45) is 0 Å². The summed E-state index contributed by atoms with van der Waals surface area (Å²) in [4.78, 5) is 12.6. The summed E-state index contributed by atoms with van der Waals surface area (Å²) in [5, 5.41) is 1.13. The smallest absolute Gasteiger partial charge is 0.306 e. The van der Waals surface area contributed by atoms with E-state index in [1.807, 2.05) is 57.2 Å². The maximum absolute atomic E-state index is 11.6. The molecule has 1 aromatic heterocycles. The van der Waals surface area contributed by atoms with Crippen LogP contribution < -0.4 is 4.74 Å². The Kier molecular flexibility index (Phi) is 7.75. The maximum atomic E-state index is 11.6. The monoisotopic (exact) mass is 463 g/mol. The van der Waals surface area contributed by atoms with Gasteiger partial charge in [0.25, 0.3) is 0 Å². The maximum Gasteiger partial charge on any atom is 0.306 e. The van der Waals surface area contributed by atoms with Crippen LogP contribution in [0.15, 0.2) is 36.4 Å². The standard InChI is InChI=1S/C23H23Cl2NO3S/c1-4-28-21(27)12-8-16-7-11-20(15(3)14(16)2)29-13-19-22(30-26-23(19)25)17-5-9-18(24)10-6-17/h5-7,9-11H,4,8,12-13H2,1-3H3. The van der Waals surface area contributed by atoms with Crippen molar-refractivity contribution in [1.82, 2.24) is 4.37 Å². The minimum atomic E-state index is -0.177. The first-order valence-corrected chi connectivity index (χ1v) is 11.2. The first kappa shape index (κ1) is 22.6. The van der Waals surface area contributed by atoms with Crippen molar-refractivity contribution < 1.29 is 14.3 Å². The Morgan fingerprint density at radius 1 is 1.07 bits per heavy atom. The van der Waals surface area contributed by atoms with Crippen LogP contribution in [0.25, 0.3) is 10.4 Å². The summed E-state index contributed by atoms with van der Waals surface area (Å²) in [6.07, 6.45) is 1.02. The number of hydrogen-bond acceptors (Lipinski definition) is 5. The van der Waals surface area contributed by atoms with Gasteiger partial charge in [0.2, 0.25) is 0 Å². The number of carbonyl (C=O) groups is 1. The Labute approximate surface area is 190 Å². The summed E-state index contributed by atoms with van der Waals surface area (Å²) in [5.41, 5.74) is 5.13. The lowest BCUT2D eigenvalue weighted by atomic mass is 9.99. The van der Waals surface area contributed by atoms with E-state index in [-0.39, 0.29) is 5.97 Å². The van der Waals surface area contributed by atoms with Gasteiger partial charge in [-0.1, -0.05) is 41.4 Å². The Balaban J connectivity index is 1.74. The van der Waals surface area contributed by atoms with Crippen LogP contribution in [0.1, 0.15) is 35.6 Å². The predicted octanol–water partition coefficient (Wildman–Crippen LogP) is 6.81. The number of benzene rings is 2. The molecule has 0 N–H and O–H groups in total. The van der Waals surface area contributed by atoms with Crippen molar-refractivity contribution in [3.63, 3.8) is 0 Å². The lowest BCUT2D eigenvalue weighted by molar-refractivity contribution is -0.143. The zero-order chi connectivity index (χ0) is 21.7. The molecule has 0 unspecified atom stereocenters. The highest BCUT2D eigenvalue weighted by molar-refractivity contribution is 7.10. The average molecular weight is 464 g/mol. The van der Waals surface area contributed by atoms with Crippen LogP contribution in [0, 0.1) is 13.8 Å². The zero-order valence-corrected chi connectivity index (χ0v) is 19.5. The highest BCUT2D eigenvalue weighted by atomic mass is 35.5. The fourth-order valence-corrected chi connectivity index (χ4v) is 4.37. The van der Waals surface area contributed by atoms with Crippen molar-refractivity contribution in [3.8, 4) is 16.2 Å². The molecule has 3 aromatic rings. The van der Waals surface area contributed by atoms with E-state index in [1.165, 1.54) is 11.5 Å². The van der Waals surface area contributed by atoms with Crippen LogP contribution in [0.4, 0.5) is 0 Å². The summed E-state index contributed by atoms with van der Waals surface area (Å²) in [7, 11) is 0. The molecule has 30 heavy (non-hydrogen) atoms. The van der Waals surface area contributed by atoms with Crippen LogP contribution in [0.3, 0.4) is 0 Å². The average Bonchev–Trinajstić information content (AvgIpc) is 3.09. The highest BCUT2D eigenvalue weighted by Gasteiger charge is 2.16. The Morgan fingerprint density at radius 2 is 1.80 bits per heavy atom. The summed E-state index contributed by atoms with van der Waals surface area (Å²) >= 11 is 13.7. The van der Waals surface area contributed by atoms with E-state index in [1.54, 1.807) is 0 Å². The molecule has 0 radical (unpaired) electrons. The largest absolute Gasteiger partial charge is 0.488 e. The SMILES string of the molecule is CCOC(=O)CCc1ccc(OCc2c(Cl)nsc2-c2ccc(Cl)cc2)c(C)c1C. The zero-order valence-electron chi connectivity index (χ0n) is 17.1. The normalized spacial score (nSPS) is 10.8. The summed E-state index contributed by atoms with van der Waals surface area (Å²) < 4.78 is 15.4. The molecule has 0 amide bonds. The fraction of sp³-hybridized carbons (Fsp3) is 0.304. The van der Waals surface area contributed by atoms with E-state index < -0.39 is 0 Å². The van der Waals surface area contributed by atoms with Crippen molar-refractivity contribution in [2.45, 2.75) is 40.2 Å². The van der Waals surface area contributed by atoms with Crippen molar-refractivity contribution in [3.05, 3.63) is 68.8 Å². The molecule has 0 fully saturated rings. The minimum absolute atomic E-state index is 0.177. The van der Waals surface area contributed by atoms with Gasteiger partial charge in [-0.2, -0.15) is 4.37 Å². The van der Waals surface area contributed by atoms with Gasteiger partial charge in [0.1, 0.15) is 17.5 Å². The van der Waals surface area contributed by atoms with E-state index in [0.29, 0.717) is 36.2 Å². The molecule has 0 saturated carbocycles. The first-order valence-electron chi connectivity index (χ1n) is 9.68. The molecule has 0 bridgehead atoms. The number of esters is 1. The van der Waals surface area contributed by atoms with Crippen molar-refractivity contribution >= 4 is 40.7 Å². The highest BCUT2D eigenvalue weighted by Crippen LogP contribution is 2.35. The molecular formula is C23H23Cl2NO3S. The van der Waals surface area contributed by atoms with Crippen molar-refractivity contribution in [2.75, 3.05) is 6.61 Å². The molecule has 1 heterocycles. The number of rotatable bonds is 8. The Morgan fingerprint density at radius 3 is 2.50 bits per heavy atom. The van der Waals surface area contributed by atoms with E-state index in [9.17, 15) is 4.79 Å². The third-order valence-electron chi connectivity index (χ3n) is 4.97. The van der Waals surface area contributed by atoms with E-state index in [2.05, 4.69) is 4.37 Å². The van der Waals surface area contributed by atoms with E-state index >= 15 is 0 Å². The first-order chi connectivity index (χ1) is 14.4. The lowest BCUT2D eigenvalue weighted by Crippen LogP contribution is -2.06. The number of carbonyl (C=O) groups excluding carboxylic acids is 1. The van der Waals surface area contributed by atoms with Gasteiger partial charge >= 0.3 is 5.97 Å². The van der Waals surface area contributed by atoms with Gasteiger partial charge in [0.05, 0.1) is 11.5 Å². The third kappa shape index (κ3) is 5.34. The lowest BCUT2D eigenvalue weighted by Gasteiger charge is -2.15. The van der Waals surface area contributed by atoms with Gasteiger partial charge in [-0.15, -0.1) is 0 Å². The molecule has 0 aliphatic rings. The van der Waals surface area contributed by atoms with Gasteiger partial charge in [-0.05, 0) is 79.2 Å². The fourth-order valence-electron chi connectivity index (χ4n) is 3.14. The van der Waals surface area contributed by atoms with Crippen molar-refractivity contribution in [1.29, 1.82) is 0 Å². The second-order valence-electron chi connectivity index (χ2n) is 6.85. The summed E-state index contributed by atoms with van der Waals surface area (Å²) in [6, 6.07) is 11.5. The number of aryl methyl sites for hydroxylation is 1. The molecule has 0 saturated heterocycles. The van der Waals surface area contributed by atoms with Gasteiger partial charge in [-0.3, -0.25) is 4.79 Å². The molecule has 0 atom stereocenters. The predicted molar refractivity (Wildman–Crippen MR) is 123 cm³/mol. The molecule has 2 aromatic carbocycles. The second-order valence-corrected chi connectivity index (χ2v) is 8.42. The summed E-state index contributed by atoms with van der Waals surface area (Å²) in [5.74, 6) is 0.612. The third-order valence-corrected chi connectivity index (χ3v) is 6.58. The number of ether oxygens (including phenoxy) is 2. The van der Waals surface area contributed by atoms with Gasteiger partial charge in [0, 0.05) is 17.0 Å². The van der Waals surface area contributed by atoms with Gasteiger partial charge < -0.3 is 9.47 Å². The van der Waals surface area contributed by atoms with E-state index in [4.69, 9.17) is 32.7 Å². The number of nitrogens with zero attached hydrogens (tertiary/aromatic N) is 1. The van der Waals surface area contributed by atoms with Crippen LogP contribution in [0.5, 0.6) is 5.75 Å². The molecule has 0 spiro atoms. The molecular weight excluding hydrogens is 441 g/mol. The van der Waals surface area contributed by atoms with Crippen LogP contribution in [-0.4, -0.2) is 16.9 Å². The number of hydrogen-bond donors (Lipinski definition) is 0. The Hall–Kier alpha value is -2.08. The van der Waals surface area contributed by atoms with Crippen LogP contribution >= 0.6 is 34.7 Å². The molecule has 0 aliphatic heterocycles. The quantitative estimate of drug-likeness (QED) is 0.344. The summed E-state index contributed by atoms with van der Waals surface area (Å²) in [6.45, 7) is 6.59. The molecule has 3 rings (SSSR count). The van der Waals surface area contributed by atoms with Gasteiger partial charge in [0.15, 0.2) is 0 Å². The second kappa shape index (κ2) is 10.3. The number of halogens is 2. The Bertz CT molecular complexity index is 1030. The van der Waals surface area contributed by atoms with Crippen LogP contribution in [0.2, 0.25) is 10.2 Å².